The summed E-state index contributed by atoms with van der Waals surface area (Å²) in [5.41, 5.74) is 6.49. The summed E-state index contributed by atoms with van der Waals surface area (Å²) in [5, 5.41) is 0. The normalized spacial score (nSPS) is 13.5. The summed E-state index contributed by atoms with van der Waals surface area (Å²) >= 11 is 9.46. The van der Waals surface area contributed by atoms with Crippen molar-refractivity contribution in [1.82, 2.24) is 0 Å². The van der Waals surface area contributed by atoms with E-state index in [-0.39, 0.29) is 5.41 Å². The largest absolute Gasteiger partial charge is 0.162 e. The molecule has 4 heteroatoms. The van der Waals surface area contributed by atoms with Gasteiger partial charge in [0.05, 0.1) is 0 Å². The minimum absolute atomic E-state index is 0.203. The average Bonchev–Trinajstić information content (AvgIpc) is 3.22. The van der Waals surface area contributed by atoms with Crippen LogP contribution in [0.2, 0.25) is 0 Å². The van der Waals surface area contributed by atoms with Crippen LogP contribution in [0, 0.1) is 7.14 Å². The summed E-state index contributed by atoms with van der Waals surface area (Å²) in [6.45, 7) is 4.61. The first kappa shape index (κ1) is 36.1. The molecule has 0 amide bonds. The van der Waals surface area contributed by atoms with Crippen molar-refractivity contribution in [3.05, 3.63) is 54.7 Å². The minimum atomic E-state index is 0.203. The molecule has 2 aromatic rings. The molecule has 0 nitrogen and oxygen atoms in total. The summed E-state index contributed by atoms with van der Waals surface area (Å²) in [6.07, 6.45) is 24.8. The molecule has 3 rings (SSSR count). The van der Waals surface area contributed by atoms with E-state index < -0.39 is 0 Å². The van der Waals surface area contributed by atoms with Gasteiger partial charge in [0.2, 0.25) is 0 Å². The first-order valence-electron chi connectivity index (χ1n) is 16.9. The van der Waals surface area contributed by atoms with Crippen LogP contribution in [-0.4, -0.2) is 23.0 Å². The Balaban J connectivity index is 1.54. The lowest BCUT2D eigenvalue weighted by atomic mass is 9.70. The number of halogens is 2. The van der Waals surface area contributed by atoms with Crippen molar-refractivity contribution in [1.29, 1.82) is 0 Å². The SMILES string of the molecule is CCCCCCSCCCCCCC1(CCCCCCSCCCCCC)c2cc(I)ccc2-c2ccc(I)cc21. The minimum Gasteiger partial charge on any atom is -0.162 e. The molecule has 0 fully saturated rings. The molecule has 1 aliphatic rings. The van der Waals surface area contributed by atoms with Crippen LogP contribution in [0.15, 0.2) is 36.4 Å². The van der Waals surface area contributed by atoms with E-state index in [9.17, 15) is 0 Å². The number of fused-ring (bicyclic) bond motifs is 3. The van der Waals surface area contributed by atoms with Crippen LogP contribution in [-0.2, 0) is 5.41 Å². The van der Waals surface area contributed by atoms with Gasteiger partial charge in [0.1, 0.15) is 0 Å². The van der Waals surface area contributed by atoms with Crippen LogP contribution in [0.1, 0.15) is 141 Å². The zero-order valence-electron chi connectivity index (χ0n) is 26.1. The zero-order valence-corrected chi connectivity index (χ0v) is 32.0. The fourth-order valence-electron chi connectivity index (χ4n) is 6.54. The van der Waals surface area contributed by atoms with Gasteiger partial charge in [-0.25, -0.2) is 0 Å². The van der Waals surface area contributed by atoms with E-state index in [1.807, 2.05) is 0 Å². The number of hydrogen-bond donors (Lipinski definition) is 0. The fourth-order valence-corrected chi connectivity index (χ4v) is 9.56. The van der Waals surface area contributed by atoms with Crippen LogP contribution < -0.4 is 0 Å². The van der Waals surface area contributed by atoms with E-state index in [1.165, 1.54) is 157 Å². The van der Waals surface area contributed by atoms with Gasteiger partial charge in [-0.1, -0.05) is 103 Å². The van der Waals surface area contributed by atoms with Crippen molar-refractivity contribution in [2.45, 2.75) is 135 Å². The monoisotopic (exact) mass is 818 g/mol. The van der Waals surface area contributed by atoms with Crippen LogP contribution in [0.4, 0.5) is 0 Å². The quantitative estimate of drug-likeness (QED) is 0.0764. The number of unbranched alkanes of at least 4 members (excludes halogenated alkanes) is 12. The molecule has 230 valence electrons. The molecule has 0 unspecified atom stereocenters. The van der Waals surface area contributed by atoms with E-state index in [1.54, 1.807) is 11.1 Å². The molecule has 0 radical (unpaired) electrons. The number of thioether (sulfide) groups is 2. The van der Waals surface area contributed by atoms with Crippen LogP contribution in [0.5, 0.6) is 0 Å². The zero-order chi connectivity index (χ0) is 29.2. The van der Waals surface area contributed by atoms with Gasteiger partial charge in [0.25, 0.3) is 0 Å². The van der Waals surface area contributed by atoms with Crippen molar-refractivity contribution >= 4 is 68.7 Å². The van der Waals surface area contributed by atoms with Gasteiger partial charge >= 0.3 is 0 Å². The van der Waals surface area contributed by atoms with E-state index in [0.29, 0.717) is 0 Å². The van der Waals surface area contributed by atoms with Gasteiger partial charge in [0, 0.05) is 12.6 Å². The van der Waals surface area contributed by atoms with Crippen molar-refractivity contribution < 1.29 is 0 Å². The lowest BCUT2D eigenvalue weighted by Gasteiger charge is -2.33. The van der Waals surface area contributed by atoms with Crippen molar-refractivity contribution in [2.75, 3.05) is 23.0 Å². The third-order valence-corrected chi connectivity index (χ3v) is 12.5. The topological polar surface area (TPSA) is 0 Å². The molecule has 0 heterocycles. The third kappa shape index (κ3) is 12.1. The summed E-state index contributed by atoms with van der Waals surface area (Å²) in [5.74, 6) is 5.45. The molecular weight excluding hydrogens is 762 g/mol. The highest BCUT2D eigenvalue weighted by Crippen LogP contribution is 2.54. The van der Waals surface area contributed by atoms with E-state index >= 15 is 0 Å². The number of benzene rings is 2. The summed E-state index contributed by atoms with van der Waals surface area (Å²) < 4.78 is 2.78. The summed E-state index contributed by atoms with van der Waals surface area (Å²) in [6, 6.07) is 14.5. The van der Waals surface area contributed by atoms with Crippen LogP contribution in [0.25, 0.3) is 11.1 Å². The highest BCUT2D eigenvalue weighted by Gasteiger charge is 2.42. The highest BCUT2D eigenvalue weighted by molar-refractivity contribution is 14.1. The lowest BCUT2D eigenvalue weighted by molar-refractivity contribution is 0.401. The maximum atomic E-state index is 2.54. The molecule has 0 saturated heterocycles. The highest BCUT2D eigenvalue weighted by atomic mass is 127. The van der Waals surface area contributed by atoms with Gasteiger partial charge in [-0.2, -0.15) is 23.5 Å². The predicted molar refractivity (Wildman–Crippen MR) is 207 cm³/mol. The molecular formula is C37H56I2S2. The Hall–Kier alpha value is 0.600. The number of hydrogen-bond acceptors (Lipinski definition) is 2. The molecule has 0 spiro atoms. The smallest absolute Gasteiger partial charge is 0.0216 e. The Labute approximate surface area is 289 Å². The van der Waals surface area contributed by atoms with Crippen LogP contribution >= 0.6 is 68.7 Å². The van der Waals surface area contributed by atoms with Gasteiger partial charge in [0.15, 0.2) is 0 Å². The van der Waals surface area contributed by atoms with E-state index in [2.05, 4.69) is 119 Å². The summed E-state index contributed by atoms with van der Waals surface area (Å²) in [7, 11) is 0. The maximum Gasteiger partial charge on any atom is 0.0216 e. The Morgan fingerprint density at radius 2 is 0.854 bits per heavy atom. The summed E-state index contributed by atoms with van der Waals surface area (Å²) in [4.78, 5) is 0. The second-order valence-electron chi connectivity index (χ2n) is 12.1. The second-order valence-corrected chi connectivity index (χ2v) is 17.1. The van der Waals surface area contributed by atoms with Crippen molar-refractivity contribution in [3.8, 4) is 11.1 Å². The molecule has 0 saturated carbocycles. The molecule has 0 aliphatic heterocycles. The standard InChI is InChI=1S/C37H56I2S2/c1-3-5-7-15-25-40-27-17-11-9-13-23-37(24-14-10-12-18-28-41-26-16-8-6-4-2)35-29-31(38)19-21-33(35)34-22-20-32(39)30-36(34)37/h19-22,29-30H,3-18,23-28H2,1-2H3. The maximum absolute atomic E-state index is 2.54. The van der Waals surface area contributed by atoms with Gasteiger partial charge in [-0.15, -0.1) is 0 Å². The van der Waals surface area contributed by atoms with Gasteiger partial charge in [-0.05, 0) is 153 Å². The molecule has 0 aromatic heterocycles. The number of rotatable bonds is 24. The van der Waals surface area contributed by atoms with Crippen molar-refractivity contribution in [3.63, 3.8) is 0 Å². The van der Waals surface area contributed by atoms with Crippen molar-refractivity contribution in [2.24, 2.45) is 0 Å². The van der Waals surface area contributed by atoms with Gasteiger partial charge < -0.3 is 0 Å². The Morgan fingerprint density at radius 1 is 0.488 bits per heavy atom. The Morgan fingerprint density at radius 3 is 1.24 bits per heavy atom. The third-order valence-electron chi connectivity index (χ3n) is 8.85. The average molecular weight is 819 g/mol. The molecule has 41 heavy (non-hydrogen) atoms. The van der Waals surface area contributed by atoms with E-state index in [0.717, 1.165) is 0 Å². The molecule has 0 N–H and O–H groups in total. The predicted octanol–water partition coefficient (Wildman–Crippen LogP) is 13.7. The molecule has 0 bridgehead atoms. The van der Waals surface area contributed by atoms with Gasteiger partial charge in [-0.3, -0.25) is 0 Å². The molecule has 1 aliphatic carbocycles. The Kier molecular flexibility index (Phi) is 18.8. The van der Waals surface area contributed by atoms with E-state index in [4.69, 9.17) is 0 Å². The van der Waals surface area contributed by atoms with Crippen LogP contribution in [0.3, 0.4) is 0 Å². The first-order chi connectivity index (χ1) is 20.1. The first-order valence-corrected chi connectivity index (χ1v) is 21.3. The second kappa shape index (κ2) is 21.4. The molecule has 2 aromatic carbocycles. The molecule has 0 atom stereocenters. The Bertz CT molecular complexity index is 909. The lowest BCUT2D eigenvalue weighted by Crippen LogP contribution is -2.26. The fraction of sp³-hybridized carbons (Fsp3) is 0.676.